The highest BCUT2D eigenvalue weighted by Gasteiger charge is 2.19. The predicted molar refractivity (Wildman–Crippen MR) is 111 cm³/mol. The minimum absolute atomic E-state index is 0.103. The van der Waals surface area contributed by atoms with Gasteiger partial charge in [0.05, 0.1) is 23.4 Å². The first-order valence-electron chi connectivity index (χ1n) is 8.66. The summed E-state index contributed by atoms with van der Waals surface area (Å²) in [5.41, 5.74) is 4.92. The number of para-hydroxylation sites is 1. The molecular weight excluding hydrogens is 374 g/mol. The average Bonchev–Trinajstić information content (AvgIpc) is 3.07. The van der Waals surface area contributed by atoms with Crippen molar-refractivity contribution in [1.82, 2.24) is 15.0 Å². The van der Waals surface area contributed by atoms with Crippen LogP contribution in [-0.2, 0) is 0 Å². The lowest BCUT2D eigenvalue weighted by Gasteiger charge is -2.08. The molecule has 0 spiro atoms. The fraction of sp³-hybridized carbons (Fsp3) is 0.100. The summed E-state index contributed by atoms with van der Waals surface area (Å²) in [5, 5.41) is 14.9. The molecule has 0 bridgehead atoms. The Hall–Kier alpha value is -3.52. The number of rotatable bonds is 6. The zero-order valence-corrected chi connectivity index (χ0v) is 15.8. The number of benzene rings is 1. The lowest BCUT2D eigenvalue weighted by atomic mass is 10.1. The SMILES string of the molecule is CCOc1ccccc1-c1sc2c(N/N=C/c3ccccn3)ncnc2c1O. The summed E-state index contributed by atoms with van der Waals surface area (Å²) in [6.45, 7) is 2.46. The first-order chi connectivity index (χ1) is 13.8. The van der Waals surface area contributed by atoms with E-state index in [1.165, 1.54) is 17.7 Å². The number of hydrogen-bond acceptors (Lipinski definition) is 8. The second-order valence-electron chi connectivity index (χ2n) is 5.73. The molecule has 0 aliphatic carbocycles. The van der Waals surface area contributed by atoms with Crippen molar-refractivity contribution in [3.8, 4) is 21.9 Å². The third kappa shape index (κ3) is 3.49. The third-order valence-electron chi connectivity index (χ3n) is 3.93. The minimum atomic E-state index is 0.103. The highest BCUT2D eigenvalue weighted by atomic mass is 32.1. The van der Waals surface area contributed by atoms with Gasteiger partial charge in [-0.3, -0.25) is 10.4 Å². The highest BCUT2D eigenvalue weighted by Crippen LogP contribution is 2.47. The maximum absolute atomic E-state index is 10.8. The van der Waals surface area contributed by atoms with Gasteiger partial charge in [-0.2, -0.15) is 5.10 Å². The van der Waals surface area contributed by atoms with E-state index in [1.807, 2.05) is 49.4 Å². The summed E-state index contributed by atoms with van der Waals surface area (Å²) < 4.78 is 6.41. The second-order valence-corrected chi connectivity index (χ2v) is 6.75. The quantitative estimate of drug-likeness (QED) is 0.376. The molecule has 4 aromatic rings. The molecule has 140 valence electrons. The summed E-state index contributed by atoms with van der Waals surface area (Å²) in [7, 11) is 0. The minimum Gasteiger partial charge on any atom is -0.504 e. The summed E-state index contributed by atoms with van der Waals surface area (Å²) >= 11 is 1.38. The molecule has 0 aliphatic heterocycles. The zero-order valence-electron chi connectivity index (χ0n) is 15.0. The zero-order chi connectivity index (χ0) is 19.3. The van der Waals surface area contributed by atoms with Gasteiger partial charge in [0, 0.05) is 11.8 Å². The summed E-state index contributed by atoms with van der Waals surface area (Å²) in [6, 6.07) is 13.2. The monoisotopic (exact) mass is 391 g/mol. The Morgan fingerprint density at radius 1 is 1.14 bits per heavy atom. The van der Waals surface area contributed by atoms with Crippen LogP contribution in [0, 0.1) is 0 Å². The van der Waals surface area contributed by atoms with E-state index in [9.17, 15) is 5.11 Å². The molecular formula is C20H17N5O2S. The normalized spacial score (nSPS) is 11.2. The largest absolute Gasteiger partial charge is 0.504 e. The topological polar surface area (TPSA) is 92.5 Å². The number of hydrazone groups is 1. The number of aromatic hydroxyl groups is 1. The van der Waals surface area contributed by atoms with Gasteiger partial charge < -0.3 is 9.84 Å². The smallest absolute Gasteiger partial charge is 0.167 e. The van der Waals surface area contributed by atoms with Crippen LogP contribution in [0.25, 0.3) is 20.7 Å². The van der Waals surface area contributed by atoms with Crippen molar-refractivity contribution >= 4 is 33.6 Å². The molecule has 1 aromatic carbocycles. The van der Waals surface area contributed by atoms with E-state index >= 15 is 0 Å². The molecule has 28 heavy (non-hydrogen) atoms. The van der Waals surface area contributed by atoms with Crippen molar-refractivity contribution in [3.63, 3.8) is 0 Å². The first kappa shape index (κ1) is 17.9. The number of fused-ring (bicyclic) bond motifs is 1. The number of ether oxygens (including phenoxy) is 1. The van der Waals surface area contributed by atoms with Gasteiger partial charge in [0.2, 0.25) is 0 Å². The maximum Gasteiger partial charge on any atom is 0.167 e. The number of pyridine rings is 1. The Bertz CT molecular complexity index is 1130. The van der Waals surface area contributed by atoms with Crippen molar-refractivity contribution in [1.29, 1.82) is 0 Å². The number of nitrogens with zero attached hydrogens (tertiary/aromatic N) is 4. The van der Waals surface area contributed by atoms with Gasteiger partial charge in [-0.15, -0.1) is 11.3 Å². The number of aromatic nitrogens is 3. The molecule has 3 aromatic heterocycles. The van der Waals surface area contributed by atoms with Gasteiger partial charge in [0.15, 0.2) is 11.6 Å². The molecule has 0 aliphatic rings. The molecule has 0 saturated heterocycles. The molecule has 0 radical (unpaired) electrons. The number of hydrogen-bond donors (Lipinski definition) is 2. The second kappa shape index (κ2) is 8.01. The van der Waals surface area contributed by atoms with Gasteiger partial charge >= 0.3 is 0 Å². The molecule has 0 fully saturated rings. The summed E-state index contributed by atoms with van der Waals surface area (Å²) in [4.78, 5) is 13.4. The standard InChI is InChI=1S/C20H17N5O2S/c1-2-27-15-9-4-3-8-14(15)18-17(26)16-19(28-18)20(23-12-22-16)25-24-11-13-7-5-6-10-21-13/h3-12,26H,2H2,1H3,(H,22,23,25)/b24-11+. The van der Waals surface area contributed by atoms with Gasteiger partial charge in [-0.1, -0.05) is 18.2 Å². The fourth-order valence-corrected chi connectivity index (χ4v) is 3.82. The average molecular weight is 391 g/mol. The van der Waals surface area contributed by atoms with E-state index < -0.39 is 0 Å². The van der Waals surface area contributed by atoms with E-state index in [0.29, 0.717) is 33.3 Å². The summed E-state index contributed by atoms with van der Waals surface area (Å²) in [6.07, 6.45) is 4.70. The van der Waals surface area contributed by atoms with Crippen molar-refractivity contribution < 1.29 is 9.84 Å². The van der Waals surface area contributed by atoms with Crippen molar-refractivity contribution in [2.45, 2.75) is 6.92 Å². The molecule has 8 heteroatoms. The molecule has 0 saturated carbocycles. The Kier molecular flexibility index (Phi) is 5.11. The van der Waals surface area contributed by atoms with Crippen molar-refractivity contribution in [3.05, 3.63) is 60.7 Å². The molecule has 2 N–H and O–H groups in total. The van der Waals surface area contributed by atoms with Crippen LogP contribution in [0.2, 0.25) is 0 Å². The Morgan fingerprint density at radius 2 is 2.00 bits per heavy atom. The lowest BCUT2D eigenvalue weighted by Crippen LogP contribution is -1.95. The van der Waals surface area contributed by atoms with E-state index in [0.717, 1.165) is 11.3 Å². The third-order valence-corrected chi connectivity index (χ3v) is 5.14. The molecule has 0 unspecified atom stereocenters. The van der Waals surface area contributed by atoms with Crippen LogP contribution in [0.3, 0.4) is 0 Å². The van der Waals surface area contributed by atoms with Crippen LogP contribution in [-0.4, -0.2) is 32.9 Å². The Balaban J connectivity index is 1.72. The Morgan fingerprint density at radius 3 is 2.82 bits per heavy atom. The predicted octanol–water partition coefficient (Wildman–Crippen LogP) is 4.30. The van der Waals surface area contributed by atoms with Gasteiger partial charge in [-0.05, 0) is 31.2 Å². The van der Waals surface area contributed by atoms with Gasteiger partial charge in [0.25, 0.3) is 0 Å². The van der Waals surface area contributed by atoms with E-state index in [1.54, 1.807) is 12.4 Å². The van der Waals surface area contributed by atoms with Crippen LogP contribution in [0.15, 0.2) is 60.1 Å². The number of nitrogens with one attached hydrogen (secondary N) is 1. The highest BCUT2D eigenvalue weighted by molar-refractivity contribution is 7.23. The maximum atomic E-state index is 10.8. The van der Waals surface area contributed by atoms with Crippen LogP contribution in [0.4, 0.5) is 5.82 Å². The molecule has 0 amide bonds. The van der Waals surface area contributed by atoms with E-state index in [2.05, 4.69) is 25.5 Å². The van der Waals surface area contributed by atoms with Crippen LogP contribution in [0.1, 0.15) is 12.6 Å². The fourth-order valence-electron chi connectivity index (χ4n) is 2.71. The molecule has 7 nitrogen and oxygen atoms in total. The van der Waals surface area contributed by atoms with Crippen LogP contribution < -0.4 is 10.2 Å². The van der Waals surface area contributed by atoms with E-state index in [-0.39, 0.29) is 5.75 Å². The van der Waals surface area contributed by atoms with Crippen molar-refractivity contribution in [2.75, 3.05) is 12.0 Å². The number of anilines is 1. The summed E-state index contributed by atoms with van der Waals surface area (Å²) in [5.74, 6) is 1.33. The first-order valence-corrected chi connectivity index (χ1v) is 9.48. The van der Waals surface area contributed by atoms with Gasteiger partial charge in [-0.25, -0.2) is 9.97 Å². The van der Waals surface area contributed by atoms with Crippen LogP contribution in [0.5, 0.6) is 11.5 Å². The number of thiophene rings is 1. The van der Waals surface area contributed by atoms with Gasteiger partial charge in [0.1, 0.15) is 22.3 Å². The molecule has 3 heterocycles. The Labute approximate surface area is 165 Å². The van der Waals surface area contributed by atoms with Crippen LogP contribution >= 0.6 is 11.3 Å². The van der Waals surface area contributed by atoms with E-state index in [4.69, 9.17) is 4.74 Å². The lowest BCUT2D eigenvalue weighted by molar-refractivity contribution is 0.341. The molecule has 0 atom stereocenters. The van der Waals surface area contributed by atoms with Crippen molar-refractivity contribution in [2.24, 2.45) is 5.10 Å². The molecule has 4 rings (SSSR count).